The number of hydrogen-bond acceptors (Lipinski definition) is 3. The first-order valence-electron chi connectivity index (χ1n) is 4.85. The van der Waals surface area contributed by atoms with Crippen molar-refractivity contribution < 1.29 is 19.4 Å². The van der Waals surface area contributed by atoms with E-state index in [1.54, 1.807) is 19.2 Å². The zero-order valence-electron chi connectivity index (χ0n) is 8.70. The van der Waals surface area contributed by atoms with Gasteiger partial charge in [0.2, 0.25) is 0 Å². The van der Waals surface area contributed by atoms with Gasteiger partial charge in [-0.15, -0.1) is 0 Å². The van der Waals surface area contributed by atoms with E-state index >= 15 is 0 Å². The van der Waals surface area contributed by atoms with Crippen molar-refractivity contribution in [3.63, 3.8) is 0 Å². The molecule has 0 amide bonds. The molecule has 0 unspecified atom stereocenters. The lowest BCUT2D eigenvalue weighted by atomic mass is 9.96. The van der Waals surface area contributed by atoms with Crippen LogP contribution >= 0.6 is 15.9 Å². The van der Waals surface area contributed by atoms with Crippen molar-refractivity contribution in [1.82, 2.24) is 0 Å². The number of carboxylic acid groups (broad SMARTS) is 1. The van der Waals surface area contributed by atoms with Gasteiger partial charge >= 0.3 is 5.97 Å². The second-order valence-corrected chi connectivity index (χ2v) is 4.34. The lowest BCUT2D eigenvalue weighted by Crippen LogP contribution is -2.23. The topological polar surface area (TPSA) is 55.8 Å². The number of ether oxygens (including phenoxy) is 2. The molecule has 1 aliphatic rings. The Morgan fingerprint density at radius 2 is 2.38 bits per heavy atom. The van der Waals surface area contributed by atoms with E-state index in [1.165, 1.54) is 0 Å². The third-order valence-electron chi connectivity index (χ3n) is 2.60. The van der Waals surface area contributed by atoms with Crippen molar-refractivity contribution in [1.29, 1.82) is 0 Å². The number of carboxylic acids is 1. The van der Waals surface area contributed by atoms with E-state index in [0.29, 0.717) is 24.3 Å². The molecule has 2 rings (SSSR count). The lowest BCUT2D eigenvalue weighted by Gasteiger charge is -2.25. The van der Waals surface area contributed by atoms with E-state index in [4.69, 9.17) is 14.6 Å². The first kappa shape index (κ1) is 11.4. The summed E-state index contributed by atoms with van der Waals surface area (Å²) in [5, 5.41) is 9.04. The largest absolute Gasteiger partial charge is 0.495 e. The number of halogens is 1. The van der Waals surface area contributed by atoms with Gasteiger partial charge in [0.15, 0.2) is 6.10 Å². The Balaban J connectivity index is 2.55. The molecule has 1 atom stereocenters. The maximum Gasteiger partial charge on any atom is 0.337 e. The monoisotopic (exact) mass is 286 g/mol. The molecule has 5 heteroatoms. The van der Waals surface area contributed by atoms with E-state index in [9.17, 15) is 4.79 Å². The van der Waals surface area contributed by atoms with Crippen LogP contribution < -0.4 is 4.74 Å². The van der Waals surface area contributed by atoms with Crippen LogP contribution in [0.3, 0.4) is 0 Å². The van der Waals surface area contributed by atoms with Crippen LogP contribution in [-0.4, -0.2) is 24.8 Å². The fourth-order valence-electron chi connectivity index (χ4n) is 1.91. The van der Waals surface area contributed by atoms with Crippen LogP contribution in [0.4, 0.5) is 0 Å². The van der Waals surface area contributed by atoms with Crippen molar-refractivity contribution >= 4 is 21.9 Å². The van der Waals surface area contributed by atoms with Crippen molar-refractivity contribution in [2.75, 3.05) is 13.7 Å². The fourth-order valence-corrected chi connectivity index (χ4v) is 2.44. The zero-order valence-corrected chi connectivity index (χ0v) is 10.3. The SMILES string of the molecule is COc1c(Br)ccc2c1CCO[C@@H]2C(=O)O. The van der Waals surface area contributed by atoms with E-state index < -0.39 is 12.1 Å². The first-order valence-corrected chi connectivity index (χ1v) is 5.64. The number of carbonyl (C=O) groups is 1. The van der Waals surface area contributed by atoms with Crippen molar-refractivity contribution in [3.8, 4) is 5.75 Å². The summed E-state index contributed by atoms with van der Waals surface area (Å²) in [5.41, 5.74) is 1.59. The number of fused-ring (bicyclic) bond motifs is 1. The maximum atomic E-state index is 11.0. The number of benzene rings is 1. The van der Waals surface area contributed by atoms with Gasteiger partial charge in [-0.25, -0.2) is 4.79 Å². The van der Waals surface area contributed by atoms with Gasteiger partial charge in [0.25, 0.3) is 0 Å². The Morgan fingerprint density at radius 1 is 1.62 bits per heavy atom. The molecule has 86 valence electrons. The molecule has 1 aromatic carbocycles. The summed E-state index contributed by atoms with van der Waals surface area (Å²) in [7, 11) is 1.58. The molecular weight excluding hydrogens is 276 g/mol. The number of rotatable bonds is 2. The first-order chi connectivity index (χ1) is 7.65. The molecule has 1 N–H and O–H groups in total. The Labute approximate surface area is 101 Å². The van der Waals surface area contributed by atoms with Crippen LogP contribution in [0.15, 0.2) is 16.6 Å². The quantitative estimate of drug-likeness (QED) is 0.905. The van der Waals surface area contributed by atoms with Crippen LogP contribution in [0.25, 0.3) is 0 Å². The predicted molar refractivity (Wildman–Crippen MR) is 60.7 cm³/mol. The highest BCUT2D eigenvalue weighted by Gasteiger charge is 2.29. The second kappa shape index (κ2) is 4.43. The van der Waals surface area contributed by atoms with Crippen LogP contribution in [0, 0.1) is 0 Å². The summed E-state index contributed by atoms with van der Waals surface area (Å²) < 4.78 is 11.3. The summed E-state index contributed by atoms with van der Waals surface area (Å²) in [4.78, 5) is 11.0. The average molecular weight is 287 g/mol. The zero-order chi connectivity index (χ0) is 11.7. The number of aliphatic carboxylic acids is 1. The molecule has 4 nitrogen and oxygen atoms in total. The molecule has 0 radical (unpaired) electrons. The third-order valence-corrected chi connectivity index (χ3v) is 3.22. The minimum atomic E-state index is -0.967. The molecule has 1 heterocycles. The molecule has 0 aliphatic carbocycles. The average Bonchev–Trinajstić information content (AvgIpc) is 2.27. The minimum Gasteiger partial charge on any atom is -0.495 e. The number of methoxy groups -OCH3 is 1. The number of hydrogen-bond donors (Lipinski definition) is 1. The molecule has 0 aromatic heterocycles. The van der Waals surface area contributed by atoms with E-state index in [0.717, 1.165) is 10.0 Å². The summed E-state index contributed by atoms with van der Waals surface area (Å²) in [5.74, 6) is -0.266. The van der Waals surface area contributed by atoms with Gasteiger partial charge in [-0.3, -0.25) is 0 Å². The van der Waals surface area contributed by atoms with E-state index in [2.05, 4.69) is 15.9 Å². The van der Waals surface area contributed by atoms with Crippen LogP contribution in [0.1, 0.15) is 17.2 Å². The third kappa shape index (κ3) is 1.81. The van der Waals surface area contributed by atoms with E-state index in [-0.39, 0.29) is 0 Å². The van der Waals surface area contributed by atoms with Gasteiger partial charge in [0, 0.05) is 5.56 Å². The summed E-state index contributed by atoms with van der Waals surface area (Å²) in [6.07, 6.45) is -0.215. The molecule has 1 aliphatic heterocycles. The standard InChI is InChI=1S/C11H11BrO4/c1-15-9-7-4-5-16-10(11(13)14)6(7)2-3-8(9)12/h2-3,10H,4-5H2,1H3,(H,13,14)/t10-/m0/s1. The molecule has 1 aromatic rings. The van der Waals surface area contributed by atoms with Crippen molar-refractivity contribution in [3.05, 3.63) is 27.7 Å². The molecular formula is C11H11BrO4. The minimum absolute atomic E-state index is 0.400. The molecule has 0 bridgehead atoms. The lowest BCUT2D eigenvalue weighted by molar-refractivity contribution is -0.151. The van der Waals surface area contributed by atoms with Gasteiger partial charge in [-0.1, -0.05) is 6.07 Å². The van der Waals surface area contributed by atoms with Gasteiger partial charge in [-0.05, 0) is 34.0 Å². The van der Waals surface area contributed by atoms with Crippen molar-refractivity contribution in [2.24, 2.45) is 0 Å². The molecule has 0 saturated heterocycles. The van der Waals surface area contributed by atoms with Gasteiger partial charge in [-0.2, -0.15) is 0 Å². The highest BCUT2D eigenvalue weighted by molar-refractivity contribution is 9.10. The molecule has 0 saturated carbocycles. The Bertz CT molecular complexity index is 430. The summed E-state index contributed by atoms with van der Waals surface area (Å²) in [6.45, 7) is 0.400. The summed E-state index contributed by atoms with van der Waals surface area (Å²) in [6, 6.07) is 3.54. The molecule has 0 fully saturated rings. The van der Waals surface area contributed by atoms with E-state index in [1.807, 2.05) is 0 Å². The Morgan fingerprint density at radius 3 is 3.00 bits per heavy atom. The van der Waals surface area contributed by atoms with Gasteiger partial charge < -0.3 is 14.6 Å². The van der Waals surface area contributed by atoms with Crippen LogP contribution in [-0.2, 0) is 16.0 Å². The normalized spacial score (nSPS) is 19.0. The maximum absolute atomic E-state index is 11.0. The summed E-state index contributed by atoms with van der Waals surface area (Å²) >= 11 is 3.38. The second-order valence-electron chi connectivity index (χ2n) is 3.49. The molecule has 16 heavy (non-hydrogen) atoms. The van der Waals surface area contributed by atoms with Crippen LogP contribution in [0.5, 0.6) is 5.75 Å². The van der Waals surface area contributed by atoms with Crippen molar-refractivity contribution in [2.45, 2.75) is 12.5 Å². The molecule has 0 spiro atoms. The van der Waals surface area contributed by atoms with Crippen LogP contribution in [0.2, 0.25) is 0 Å². The Kier molecular flexibility index (Phi) is 3.16. The Hall–Kier alpha value is -1.07. The highest BCUT2D eigenvalue weighted by Crippen LogP contribution is 2.38. The predicted octanol–water partition coefficient (Wildman–Crippen LogP) is 2.16. The van der Waals surface area contributed by atoms with Gasteiger partial charge in [0.05, 0.1) is 18.2 Å². The smallest absolute Gasteiger partial charge is 0.337 e. The highest BCUT2D eigenvalue weighted by atomic mass is 79.9. The fraction of sp³-hybridized carbons (Fsp3) is 0.364. The van der Waals surface area contributed by atoms with Gasteiger partial charge in [0.1, 0.15) is 5.75 Å².